The van der Waals surface area contributed by atoms with E-state index in [1.165, 1.54) is 40.8 Å². The molecule has 2 aromatic carbocycles. The lowest BCUT2D eigenvalue weighted by atomic mass is 10.2. The van der Waals surface area contributed by atoms with Crippen LogP contribution in [0.3, 0.4) is 0 Å². The van der Waals surface area contributed by atoms with Crippen LogP contribution >= 0.6 is 23.1 Å². The maximum atomic E-state index is 13.2. The van der Waals surface area contributed by atoms with Gasteiger partial charge in [-0.25, -0.2) is 9.37 Å². The van der Waals surface area contributed by atoms with E-state index < -0.39 is 0 Å². The van der Waals surface area contributed by atoms with Crippen LogP contribution in [0.25, 0.3) is 10.2 Å². The van der Waals surface area contributed by atoms with E-state index in [4.69, 9.17) is 4.98 Å². The number of benzene rings is 2. The van der Waals surface area contributed by atoms with Gasteiger partial charge in [0.15, 0.2) is 5.13 Å². The molecule has 0 radical (unpaired) electrons. The third-order valence-electron chi connectivity index (χ3n) is 4.60. The number of aryl methyl sites for hydroxylation is 1. The monoisotopic (exact) mass is 437 g/mol. The van der Waals surface area contributed by atoms with Crippen LogP contribution in [0.1, 0.15) is 18.2 Å². The van der Waals surface area contributed by atoms with Crippen LogP contribution in [0.5, 0.6) is 0 Å². The van der Waals surface area contributed by atoms with Crippen LogP contribution in [-0.4, -0.2) is 21.6 Å². The molecule has 30 heavy (non-hydrogen) atoms. The summed E-state index contributed by atoms with van der Waals surface area (Å²) < 4.78 is 14.2. The molecule has 2 heterocycles. The zero-order valence-corrected chi connectivity index (χ0v) is 18.0. The summed E-state index contributed by atoms with van der Waals surface area (Å²) in [6.07, 6.45) is 2.67. The number of hydrogen-bond acceptors (Lipinski definition) is 5. The quantitative estimate of drug-likeness (QED) is 0.347. The molecule has 4 rings (SSSR count). The summed E-state index contributed by atoms with van der Waals surface area (Å²) in [6, 6.07) is 18.0. The summed E-state index contributed by atoms with van der Waals surface area (Å²) in [5, 5.41) is 0.661. The third-order valence-corrected chi connectivity index (χ3v) is 6.64. The Morgan fingerprint density at radius 2 is 1.97 bits per heavy atom. The number of nitrogens with zero attached hydrogens (tertiary/aromatic N) is 3. The molecule has 0 aliphatic rings. The largest absolute Gasteiger partial charge is 0.281 e. The molecule has 4 aromatic rings. The summed E-state index contributed by atoms with van der Waals surface area (Å²) in [4.78, 5) is 24.8. The number of pyridine rings is 1. The maximum absolute atomic E-state index is 13.2. The molecule has 152 valence electrons. The van der Waals surface area contributed by atoms with E-state index in [2.05, 4.69) is 24.0 Å². The molecule has 0 unspecified atom stereocenters. The predicted octanol–water partition coefficient (Wildman–Crippen LogP) is 5.72. The van der Waals surface area contributed by atoms with E-state index in [0.717, 1.165) is 27.2 Å². The highest BCUT2D eigenvalue weighted by molar-refractivity contribution is 8.00. The van der Waals surface area contributed by atoms with E-state index in [0.29, 0.717) is 11.7 Å². The van der Waals surface area contributed by atoms with Gasteiger partial charge in [-0.1, -0.05) is 30.4 Å². The fourth-order valence-corrected chi connectivity index (χ4v) is 4.78. The Labute approximate surface area is 182 Å². The van der Waals surface area contributed by atoms with Crippen molar-refractivity contribution in [3.8, 4) is 0 Å². The zero-order valence-electron chi connectivity index (χ0n) is 16.4. The molecule has 0 spiro atoms. The molecule has 4 nitrogen and oxygen atoms in total. The van der Waals surface area contributed by atoms with Crippen LogP contribution in [0.2, 0.25) is 0 Å². The number of carbonyl (C=O) groups excluding carboxylic acids is 1. The first-order valence-corrected chi connectivity index (χ1v) is 11.4. The highest BCUT2D eigenvalue weighted by Gasteiger charge is 2.21. The molecule has 0 saturated carbocycles. The normalized spacial score (nSPS) is 11.0. The predicted molar refractivity (Wildman–Crippen MR) is 122 cm³/mol. The third kappa shape index (κ3) is 4.86. The smallest absolute Gasteiger partial charge is 0.239 e. The fraction of sp³-hybridized carbons (Fsp3) is 0.174. The number of aromatic nitrogens is 2. The second-order valence-corrected chi connectivity index (χ2v) is 8.75. The number of fused-ring (bicyclic) bond motifs is 1. The standard InChI is InChI=1S/C23H20FN3OS2/c1-2-16-6-11-20-21(13-16)30-23(26-20)27(14-18-5-3-4-12-25-18)22(28)15-29-19-9-7-17(24)8-10-19/h3-13H,2,14-15H2,1H3. The van der Waals surface area contributed by atoms with Gasteiger partial charge >= 0.3 is 0 Å². The number of halogens is 1. The first-order valence-electron chi connectivity index (χ1n) is 9.60. The summed E-state index contributed by atoms with van der Waals surface area (Å²) >= 11 is 2.90. The molecule has 0 aliphatic carbocycles. The van der Waals surface area contributed by atoms with Crippen molar-refractivity contribution in [1.29, 1.82) is 0 Å². The van der Waals surface area contributed by atoms with Gasteiger partial charge in [-0.3, -0.25) is 14.7 Å². The summed E-state index contributed by atoms with van der Waals surface area (Å²) in [7, 11) is 0. The average molecular weight is 438 g/mol. The SMILES string of the molecule is CCc1ccc2nc(N(Cc3ccccn3)C(=O)CSc3ccc(F)cc3)sc2c1. The minimum absolute atomic E-state index is 0.0650. The van der Waals surface area contributed by atoms with Gasteiger partial charge in [-0.05, 0) is 60.5 Å². The second-order valence-electron chi connectivity index (χ2n) is 6.70. The Hall–Kier alpha value is -2.77. The number of thioether (sulfide) groups is 1. The first-order chi connectivity index (χ1) is 14.6. The number of anilines is 1. The summed E-state index contributed by atoms with van der Waals surface area (Å²) in [5.74, 6) is -0.123. The van der Waals surface area contributed by atoms with E-state index >= 15 is 0 Å². The van der Waals surface area contributed by atoms with Crippen molar-refractivity contribution in [1.82, 2.24) is 9.97 Å². The molecule has 0 atom stereocenters. The lowest BCUT2D eigenvalue weighted by Crippen LogP contribution is -2.32. The highest BCUT2D eigenvalue weighted by Crippen LogP contribution is 2.31. The van der Waals surface area contributed by atoms with Gasteiger partial charge in [-0.15, -0.1) is 11.8 Å². The summed E-state index contributed by atoms with van der Waals surface area (Å²) in [6.45, 7) is 2.47. The fourth-order valence-electron chi connectivity index (χ4n) is 2.96. The van der Waals surface area contributed by atoms with Crippen molar-refractivity contribution in [3.63, 3.8) is 0 Å². The van der Waals surface area contributed by atoms with Gasteiger partial charge in [0.2, 0.25) is 5.91 Å². The van der Waals surface area contributed by atoms with Crippen molar-refractivity contribution in [2.24, 2.45) is 0 Å². The molecule has 0 bridgehead atoms. The van der Waals surface area contributed by atoms with Crippen molar-refractivity contribution in [2.75, 3.05) is 10.7 Å². The molecule has 0 N–H and O–H groups in total. The minimum Gasteiger partial charge on any atom is -0.281 e. The maximum Gasteiger partial charge on any atom is 0.239 e. The van der Waals surface area contributed by atoms with Crippen LogP contribution < -0.4 is 4.90 Å². The summed E-state index contributed by atoms with van der Waals surface area (Å²) in [5.41, 5.74) is 2.93. The molecule has 2 aromatic heterocycles. The van der Waals surface area contributed by atoms with E-state index in [-0.39, 0.29) is 17.5 Å². The Morgan fingerprint density at radius 1 is 1.13 bits per heavy atom. The van der Waals surface area contributed by atoms with E-state index in [1.807, 2.05) is 24.3 Å². The Balaban J connectivity index is 1.60. The lowest BCUT2D eigenvalue weighted by molar-refractivity contribution is -0.116. The number of hydrogen-bond donors (Lipinski definition) is 0. The second kappa shape index (κ2) is 9.36. The highest BCUT2D eigenvalue weighted by atomic mass is 32.2. The number of amides is 1. The van der Waals surface area contributed by atoms with Gasteiger partial charge in [0.1, 0.15) is 5.82 Å². The molecular weight excluding hydrogens is 417 g/mol. The van der Waals surface area contributed by atoms with Gasteiger partial charge in [0, 0.05) is 11.1 Å². The van der Waals surface area contributed by atoms with Crippen LogP contribution in [-0.2, 0) is 17.8 Å². The van der Waals surface area contributed by atoms with Gasteiger partial charge in [-0.2, -0.15) is 0 Å². The number of carbonyl (C=O) groups is 1. The zero-order chi connectivity index (χ0) is 20.9. The van der Waals surface area contributed by atoms with Crippen LogP contribution in [0, 0.1) is 5.82 Å². The van der Waals surface area contributed by atoms with Crippen molar-refractivity contribution < 1.29 is 9.18 Å². The Kier molecular flexibility index (Phi) is 6.40. The lowest BCUT2D eigenvalue weighted by Gasteiger charge is -2.19. The molecular formula is C23H20FN3OS2. The molecule has 0 aliphatic heterocycles. The first kappa shape index (κ1) is 20.5. The van der Waals surface area contributed by atoms with Crippen molar-refractivity contribution >= 4 is 44.4 Å². The van der Waals surface area contributed by atoms with E-state index in [9.17, 15) is 9.18 Å². The number of thiazole rings is 1. The van der Waals surface area contributed by atoms with Crippen LogP contribution in [0.15, 0.2) is 71.8 Å². The van der Waals surface area contributed by atoms with Gasteiger partial charge < -0.3 is 0 Å². The van der Waals surface area contributed by atoms with E-state index in [1.54, 1.807) is 23.2 Å². The Morgan fingerprint density at radius 3 is 2.70 bits per heavy atom. The van der Waals surface area contributed by atoms with Crippen molar-refractivity contribution in [2.45, 2.75) is 24.8 Å². The minimum atomic E-state index is -0.289. The molecule has 1 amide bonds. The average Bonchev–Trinajstić information content (AvgIpc) is 3.20. The number of rotatable bonds is 7. The topological polar surface area (TPSA) is 46.1 Å². The van der Waals surface area contributed by atoms with Crippen LogP contribution in [0.4, 0.5) is 9.52 Å². The van der Waals surface area contributed by atoms with Gasteiger partial charge in [0.05, 0.1) is 28.2 Å². The Bertz CT molecular complexity index is 1150. The van der Waals surface area contributed by atoms with Crippen molar-refractivity contribution in [3.05, 3.63) is 83.9 Å². The molecule has 0 saturated heterocycles. The molecule has 0 fully saturated rings. The van der Waals surface area contributed by atoms with Gasteiger partial charge in [0.25, 0.3) is 0 Å². The molecule has 7 heteroatoms.